The van der Waals surface area contributed by atoms with Gasteiger partial charge in [0.1, 0.15) is 24.5 Å². The third-order valence-corrected chi connectivity index (χ3v) is 4.41. The van der Waals surface area contributed by atoms with Crippen LogP contribution in [-0.2, 0) is 33.5 Å². The molecule has 1 aromatic carbocycles. The molecule has 0 bridgehead atoms. The fraction of sp³-hybridized carbons (Fsp3) is 0.353. The van der Waals surface area contributed by atoms with E-state index >= 15 is 0 Å². The minimum Gasteiger partial charge on any atom is -0.549 e. The second-order valence-corrected chi connectivity index (χ2v) is 6.20. The van der Waals surface area contributed by atoms with Crippen LogP contribution in [0.15, 0.2) is 30.3 Å². The molecule has 2 saturated heterocycles. The van der Waals surface area contributed by atoms with E-state index in [-0.39, 0.29) is 77.5 Å². The Kier molecular flexibility index (Phi) is 9.49. The zero-order valence-electron chi connectivity index (χ0n) is 16.3. The molecule has 1 N–H and O–H groups in total. The average molecular weight is 436 g/mol. The Morgan fingerprint density at radius 1 is 1.13 bits per heavy atom. The SMILES string of the molecule is O=C1CCC(C(=O)[O-])(N2OC[C@H](NC(=O)C(C(=O)[O-])c3ccccc3)C2=O)O1.[Na+].[Na+]. The molecule has 1 aromatic rings. The van der Waals surface area contributed by atoms with Gasteiger partial charge in [-0.1, -0.05) is 30.3 Å². The van der Waals surface area contributed by atoms with Crippen molar-refractivity contribution in [3.63, 3.8) is 0 Å². The number of carboxylic acids is 2. The molecule has 2 fully saturated rings. The fourth-order valence-corrected chi connectivity index (χ4v) is 3.04. The van der Waals surface area contributed by atoms with E-state index in [9.17, 15) is 34.2 Å². The van der Waals surface area contributed by atoms with E-state index in [1.807, 2.05) is 0 Å². The summed E-state index contributed by atoms with van der Waals surface area (Å²) in [5.41, 5.74) is -2.29. The minimum absolute atomic E-state index is 0. The van der Waals surface area contributed by atoms with Crippen LogP contribution < -0.4 is 74.6 Å². The molecule has 13 heteroatoms. The molecule has 148 valence electrons. The zero-order chi connectivity index (χ0) is 20.5. The average Bonchev–Trinajstić information content (AvgIpc) is 3.20. The predicted molar refractivity (Wildman–Crippen MR) is 82.0 cm³/mol. The number of aliphatic carboxylic acids is 2. The van der Waals surface area contributed by atoms with Gasteiger partial charge >= 0.3 is 65.1 Å². The largest absolute Gasteiger partial charge is 1.00 e. The Hall–Kier alpha value is -1.47. The Morgan fingerprint density at radius 3 is 2.27 bits per heavy atom. The third-order valence-electron chi connectivity index (χ3n) is 4.41. The Bertz CT molecular complexity index is 851. The number of rotatable bonds is 6. The summed E-state index contributed by atoms with van der Waals surface area (Å²) in [5, 5.41) is 25.4. The molecule has 0 aliphatic carbocycles. The molecule has 2 unspecified atom stereocenters. The number of carbonyl (C=O) groups is 5. The normalized spacial score (nSPS) is 23.6. The molecule has 2 aliphatic heterocycles. The molecule has 30 heavy (non-hydrogen) atoms. The zero-order valence-corrected chi connectivity index (χ0v) is 20.3. The summed E-state index contributed by atoms with van der Waals surface area (Å²) in [5.74, 6) is -8.13. The van der Waals surface area contributed by atoms with Gasteiger partial charge in [-0.05, 0) is 5.56 Å². The van der Waals surface area contributed by atoms with Gasteiger partial charge in [0, 0.05) is 6.42 Å². The first kappa shape index (κ1) is 26.6. The van der Waals surface area contributed by atoms with Gasteiger partial charge in [-0.25, -0.2) is 0 Å². The number of cyclic esters (lactones) is 1. The van der Waals surface area contributed by atoms with Gasteiger partial charge in [0.15, 0.2) is 0 Å². The monoisotopic (exact) mass is 436 g/mol. The van der Waals surface area contributed by atoms with Crippen molar-refractivity contribution in [3.8, 4) is 0 Å². The van der Waals surface area contributed by atoms with Crippen LogP contribution in [0.3, 0.4) is 0 Å². The van der Waals surface area contributed by atoms with Crippen LogP contribution in [-0.4, -0.2) is 53.2 Å². The molecular weight excluding hydrogens is 422 g/mol. The number of nitrogens with one attached hydrogen (secondary N) is 1. The number of hydroxylamine groups is 2. The van der Waals surface area contributed by atoms with Crippen LogP contribution in [0.4, 0.5) is 0 Å². The molecular formula is C17H14N2Na2O9. The van der Waals surface area contributed by atoms with Crippen LogP contribution in [0.5, 0.6) is 0 Å². The number of nitrogens with zero attached hydrogens (tertiary/aromatic N) is 1. The van der Waals surface area contributed by atoms with E-state index in [1.54, 1.807) is 6.07 Å². The molecule has 0 spiro atoms. The van der Waals surface area contributed by atoms with E-state index in [4.69, 9.17) is 9.57 Å². The Morgan fingerprint density at radius 2 is 1.77 bits per heavy atom. The molecule has 2 aliphatic rings. The fourth-order valence-electron chi connectivity index (χ4n) is 3.04. The first-order valence-corrected chi connectivity index (χ1v) is 8.22. The standard InChI is InChI=1S/C17H16N2O9.2Na/c20-11-6-7-17(28-11,16(25)26)19-14(22)10(8-27-19)18-13(21)12(15(23)24)9-4-2-1-3-5-9;;/h1-5,10,12H,6-8H2,(H,18,21)(H,23,24)(H,25,26);;/q;2*+1/p-2/t10-,12?,17?;;/m0../s1. The van der Waals surface area contributed by atoms with Crippen molar-refractivity contribution >= 4 is 29.7 Å². The summed E-state index contributed by atoms with van der Waals surface area (Å²) in [6.07, 6.45) is -0.648. The smallest absolute Gasteiger partial charge is 0.549 e. The molecule has 11 nitrogen and oxygen atoms in total. The van der Waals surface area contributed by atoms with Crippen LogP contribution >= 0.6 is 0 Å². The van der Waals surface area contributed by atoms with E-state index in [0.29, 0.717) is 5.06 Å². The number of hydrogen-bond donors (Lipinski definition) is 1. The van der Waals surface area contributed by atoms with E-state index < -0.39 is 54.0 Å². The third kappa shape index (κ3) is 5.05. The van der Waals surface area contributed by atoms with E-state index in [1.165, 1.54) is 24.3 Å². The summed E-state index contributed by atoms with van der Waals surface area (Å²) in [4.78, 5) is 64.2. The summed E-state index contributed by atoms with van der Waals surface area (Å²) >= 11 is 0. The maximum Gasteiger partial charge on any atom is 1.00 e. The van der Waals surface area contributed by atoms with E-state index in [0.717, 1.165) is 0 Å². The number of hydrogen-bond acceptors (Lipinski definition) is 9. The van der Waals surface area contributed by atoms with Gasteiger partial charge in [0.25, 0.3) is 11.6 Å². The summed E-state index contributed by atoms with van der Waals surface area (Å²) < 4.78 is 4.74. The molecule has 2 heterocycles. The van der Waals surface area contributed by atoms with Gasteiger partial charge in [-0.15, -0.1) is 0 Å². The van der Waals surface area contributed by atoms with Gasteiger partial charge < -0.3 is 29.9 Å². The van der Waals surface area contributed by atoms with Gasteiger partial charge in [-0.3, -0.25) is 19.2 Å². The maximum atomic E-state index is 12.5. The number of benzene rings is 1. The number of carbonyl (C=O) groups excluding carboxylic acids is 5. The number of carboxylic acid groups (broad SMARTS) is 2. The quantitative estimate of drug-likeness (QED) is 0.259. The molecule has 0 aromatic heterocycles. The Balaban J connectivity index is 0.00000225. The van der Waals surface area contributed by atoms with Gasteiger partial charge in [0.05, 0.1) is 12.4 Å². The summed E-state index contributed by atoms with van der Waals surface area (Å²) in [6, 6.07) is 6.12. The van der Waals surface area contributed by atoms with Crippen molar-refractivity contribution in [2.75, 3.05) is 6.61 Å². The first-order valence-electron chi connectivity index (χ1n) is 8.22. The molecule has 2 amide bonds. The minimum atomic E-state index is -2.43. The number of ether oxygens (including phenoxy) is 1. The second kappa shape index (κ2) is 10.7. The second-order valence-electron chi connectivity index (χ2n) is 6.20. The Labute approximate surface area is 214 Å². The van der Waals surface area contributed by atoms with Crippen LogP contribution in [0.1, 0.15) is 24.3 Å². The predicted octanol–water partition coefficient (Wildman–Crippen LogP) is -9.43. The molecule has 0 saturated carbocycles. The molecule has 3 atom stereocenters. The number of esters is 1. The van der Waals surface area contributed by atoms with E-state index in [2.05, 4.69) is 5.32 Å². The first-order chi connectivity index (χ1) is 13.3. The van der Waals surface area contributed by atoms with Crippen molar-refractivity contribution in [2.24, 2.45) is 0 Å². The molecule has 0 radical (unpaired) electrons. The summed E-state index contributed by atoms with van der Waals surface area (Å²) in [7, 11) is 0. The summed E-state index contributed by atoms with van der Waals surface area (Å²) in [6.45, 7) is -0.480. The van der Waals surface area contributed by atoms with Crippen molar-refractivity contribution < 1.29 is 103 Å². The van der Waals surface area contributed by atoms with Crippen LogP contribution in [0.2, 0.25) is 0 Å². The van der Waals surface area contributed by atoms with Crippen molar-refractivity contribution in [1.29, 1.82) is 0 Å². The van der Waals surface area contributed by atoms with Crippen LogP contribution in [0.25, 0.3) is 0 Å². The molecule has 3 rings (SSSR count). The van der Waals surface area contributed by atoms with Gasteiger partial charge in [-0.2, -0.15) is 5.06 Å². The van der Waals surface area contributed by atoms with Crippen molar-refractivity contribution in [3.05, 3.63) is 35.9 Å². The number of amides is 2. The van der Waals surface area contributed by atoms with Crippen LogP contribution in [0, 0.1) is 0 Å². The van der Waals surface area contributed by atoms with Crippen molar-refractivity contribution in [2.45, 2.75) is 30.5 Å². The van der Waals surface area contributed by atoms with Gasteiger partial charge in [0.2, 0.25) is 5.91 Å². The van der Waals surface area contributed by atoms with Crippen molar-refractivity contribution in [1.82, 2.24) is 10.4 Å². The topological polar surface area (TPSA) is 165 Å². The maximum absolute atomic E-state index is 12.5.